The third-order valence-corrected chi connectivity index (χ3v) is 6.08. The SMILES string of the molecule is Cc1cc(C(C)NCc2cc(Br)c(Br)s2)c(C)o1. The average Bonchev–Trinajstić information content (AvgIpc) is 2.79. The van der Waals surface area contributed by atoms with Gasteiger partial charge in [-0.1, -0.05) is 0 Å². The minimum atomic E-state index is 0.294. The van der Waals surface area contributed by atoms with Gasteiger partial charge in [0.2, 0.25) is 0 Å². The van der Waals surface area contributed by atoms with E-state index in [0.29, 0.717) is 6.04 Å². The van der Waals surface area contributed by atoms with Gasteiger partial charge < -0.3 is 9.73 Å². The van der Waals surface area contributed by atoms with Gasteiger partial charge in [-0.3, -0.25) is 0 Å². The first-order valence-corrected chi connectivity index (χ1v) is 8.11. The maximum absolute atomic E-state index is 5.56. The van der Waals surface area contributed by atoms with Gasteiger partial charge in [0, 0.05) is 27.5 Å². The number of thiophene rings is 1. The number of halogens is 2. The molecular formula is C13H15Br2NOS. The Balaban J connectivity index is 2.00. The molecule has 2 aromatic heterocycles. The quantitative estimate of drug-likeness (QED) is 0.760. The van der Waals surface area contributed by atoms with Crippen LogP contribution in [-0.4, -0.2) is 0 Å². The number of hydrogen-bond acceptors (Lipinski definition) is 3. The molecule has 1 atom stereocenters. The first-order valence-electron chi connectivity index (χ1n) is 5.71. The lowest BCUT2D eigenvalue weighted by Gasteiger charge is -2.12. The second kappa shape index (κ2) is 5.90. The van der Waals surface area contributed by atoms with Crippen LogP contribution in [0.5, 0.6) is 0 Å². The van der Waals surface area contributed by atoms with Crippen molar-refractivity contribution in [2.45, 2.75) is 33.4 Å². The molecule has 2 nitrogen and oxygen atoms in total. The zero-order valence-corrected chi connectivity index (χ0v) is 14.5. The number of furan rings is 1. The first kappa shape index (κ1) is 14.3. The van der Waals surface area contributed by atoms with Crippen molar-refractivity contribution in [2.75, 3.05) is 0 Å². The van der Waals surface area contributed by atoms with E-state index in [0.717, 1.165) is 26.3 Å². The maximum atomic E-state index is 5.56. The molecule has 1 N–H and O–H groups in total. The summed E-state index contributed by atoms with van der Waals surface area (Å²) in [6.07, 6.45) is 0. The Hall–Kier alpha value is -0.100. The summed E-state index contributed by atoms with van der Waals surface area (Å²) in [7, 11) is 0. The van der Waals surface area contributed by atoms with Gasteiger partial charge in [0.1, 0.15) is 11.5 Å². The van der Waals surface area contributed by atoms with Crippen LogP contribution in [0.4, 0.5) is 0 Å². The van der Waals surface area contributed by atoms with Gasteiger partial charge in [0.05, 0.1) is 3.79 Å². The van der Waals surface area contributed by atoms with Crippen molar-refractivity contribution in [2.24, 2.45) is 0 Å². The van der Waals surface area contributed by atoms with Gasteiger partial charge in [0.25, 0.3) is 0 Å². The zero-order chi connectivity index (χ0) is 13.3. The molecule has 0 aromatic carbocycles. The molecule has 0 fully saturated rings. The molecule has 0 aliphatic carbocycles. The summed E-state index contributed by atoms with van der Waals surface area (Å²) in [5.74, 6) is 1.97. The van der Waals surface area contributed by atoms with Crippen molar-refractivity contribution in [1.82, 2.24) is 5.32 Å². The lowest BCUT2D eigenvalue weighted by atomic mass is 10.1. The fourth-order valence-corrected chi connectivity index (χ4v) is 4.05. The molecule has 0 amide bonds. The van der Waals surface area contributed by atoms with Crippen molar-refractivity contribution in [1.29, 1.82) is 0 Å². The molecule has 2 rings (SSSR count). The minimum absolute atomic E-state index is 0.294. The standard InChI is InChI=1S/C13H15Br2NOS/c1-7-4-11(9(3)17-7)8(2)16-6-10-5-12(14)13(15)18-10/h4-5,8,16H,6H2,1-3H3. The van der Waals surface area contributed by atoms with Crippen LogP contribution in [0.3, 0.4) is 0 Å². The summed E-state index contributed by atoms with van der Waals surface area (Å²) >= 11 is 8.76. The van der Waals surface area contributed by atoms with E-state index in [1.54, 1.807) is 11.3 Å². The van der Waals surface area contributed by atoms with E-state index >= 15 is 0 Å². The fourth-order valence-electron chi connectivity index (χ4n) is 1.92. The smallest absolute Gasteiger partial charge is 0.105 e. The number of aryl methyl sites for hydroxylation is 2. The van der Waals surface area contributed by atoms with E-state index in [1.165, 1.54) is 10.4 Å². The van der Waals surface area contributed by atoms with Crippen molar-refractivity contribution in [3.63, 3.8) is 0 Å². The Bertz CT molecular complexity index is 528. The average molecular weight is 393 g/mol. The first-order chi connectivity index (χ1) is 8.47. The Morgan fingerprint density at radius 3 is 2.56 bits per heavy atom. The Morgan fingerprint density at radius 1 is 1.33 bits per heavy atom. The molecular weight excluding hydrogens is 378 g/mol. The van der Waals surface area contributed by atoms with E-state index in [1.807, 2.05) is 13.8 Å². The largest absolute Gasteiger partial charge is 0.466 e. The van der Waals surface area contributed by atoms with Gasteiger partial charge in [0.15, 0.2) is 0 Å². The van der Waals surface area contributed by atoms with Crippen molar-refractivity contribution in [3.8, 4) is 0 Å². The third-order valence-electron chi connectivity index (χ3n) is 2.82. The fraction of sp³-hybridized carbons (Fsp3) is 0.385. The van der Waals surface area contributed by atoms with Crippen LogP contribution >= 0.6 is 43.2 Å². The molecule has 5 heteroatoms. The highest BCUT2D eigenvalue weighted by Gasteiger charge is 2.13. The molecule has 0 spiro atoms. The molecule has 2 aromatic rings. The van der Waals surface area contributed by atoms with Crippen LogP contribution in [0.15, 0.2) is 24.8 Å². The molecule has 2 heterocycles. The number of rotatable bonds is 4. The molecule has 0 aliphatic rings. The highest BCUT2D eigenvalue weighted by molar-refractivity contribution is 9.13. The van der Waals surface area contributed by atoms with Crippen LogP contribution in [-0.2, 0) is 6.54 Å². The molecule has 0 saturated heterocycles. The van der Waals surface area contributed by atoms with Crippen molar-refractivity contribution >= 4 is 43.2 Å². The normalized spacial score (nSPS) is 12.9. The summed E-state index contributed by atoms with van der Waals surface area (Å²) < 4.78 is 7.82. The molecule has 1 unspecified atom stereocenters. The van der Waals surface area contributed by atoms with Gasteiger partial charge in [-0.05, 0) is 64.8 Å². The Kier molecular flexibility index (Phi) is 4.69. The van der Waals surface area contributed by atoms with Crippen LogP contribution in [0, 0.1) is 13.8 Å². The highest BCUT2D eigenvalue weighted by atomic mass is 79.9. The van der Waals surface area contributed by atoms with Crippen molar-refractivity contribution in [3.05, 3.63) is 42.4 Å². The van der Waals surface area contributed by atoms with E-state index in [4.69, 9.17) is 4.42 Å². The molecule has 0 bridgehead atoms. The lowest BCUT2D eigenvalue weighted by Crippen LogP contribution is -2.17. The van der Waals surface area contributed by atoms with Gasteiger partial charge in [-0.15, -0.1) is 11.3 Å². The van der Waals surface area contributed by atoms with Crippen LogP contribution in [0.2, 0.25) is 0 Å². The van der Waals surface area contributed by atoms with E-state index < -0.39 is 0 Å². The zero-order valence-electron chi connectivity index (χ0n) is 10.5. The molecule has 0 aliphatic heterocycles. The summed E-state index contributed by atoms with van der Waals surface area (Å²) in [5, 5.41) is 3.52. The highest BCUT2D eigenvalue weighted by Crippen LogP contribution is 2.32. The second-order valence-electron chi connectivity index (χ2n) is 4.31. The topological polar surface area (TPSA) is 25.2 Å². The Morgan fingerprint density at radius 2 is 2.06 bits per heavy atom. The number of hydrogen-bond donors (Lipinski definition) is 1. The monoisotopic (exact) mass is 391 g/mol. The second-order valence-corrected chi connectivity index (χ2v) is 7.61. The predicted octanol–water partition coefficient (Wildman–Crippen LogP) is 5.33. The molecule has 18 heavy (non-hydrogen) atoms. The van der Waals surface area contributed by atoms with Crippen LogP contribution < -0.4 is 5.32 Å². The maximum Gasteiger partial charge on any atom is 0.105 e. The van der Waals surface area contributed by atoms with Gasteiger partial charge >= 0.3 is 0 Å². The van der Waals surface area contributed by atoms with Gasteiger partial charge in [-0.2, -0.15) is 0 Å². The number of nitrogens with one attached hydrogen (secondary N) is 1. The van der Waals surface area contributed by atoms with Crippen LogP contribution in [0.25, 0.3) is 0 Å². The molecule has 98 valence electrons. The lowest BCUT2D eigenvalue weighted by molar-refractivity contribution is 0.490. The van der Waals surface area contributed by atoms with E-state index in [2.05, 4.69) is 56.2 Å². The molecule has 0 saturated carbocycles. The van der Waals surface area contributed by atoms with E-state index in [-0.39, 0.29) is 0 Å². The summed E-state index contributed by atoms with van der Waals surface area (Å²) in [5.41, 5.74) is 1.24. The van der Waals surface area contributed by atoms with Gasteiger partial charge in [-0.25, -0.2) is 0 Å². The van der Waals surface area contributed by atoms with E-state index in [9.17, 15) is 0 Å². The van der Waals surface area contributed by atoms with Crippen molar-refractivity contribution < 1.29 is 4.42 Å². The summed E-state index contributed by atoms with van der Waals surface area (Å²) in [4.78, 5) is 1.30. The minimum Gasteiger partial charge on any atom is -0.466 e. The summed E-state index contributed by atoms with van der Waals surface area (Å²) in [6.45, 7) is 7.02. The van der Waals surface area contributed by atoms with Crippen LogP contribution in [0.1, 0.15) is 34.9 Å². The Labute approximate surface area is 128 Å². The summed E-state index contributed by atoms with van der Waals surface area (Å²) in [6, 6.07) is 4.54. The third kappa shape index (κ3) is 3.26. The predicted molar refractivity (Wildman–Crippen MR) is 83.2 cm³/mol. The molecule has 0 radical (unpaired) electrons.